The van der Waals surface area contributed by atoms with E-state index in [0.717, 1.165) is 11.6 Å². The van der Waals surface area contributed by atoms with E-state index in [9.17, 15) is 14.4 Å². The first-order valence-corrected chi connectivity index (χ1v) is 5.63. The predicted octanol–water partition coefficient (Wildman–Crippen LogP) is 0.542. The molecule has 20 heavy (non-hydrogen) atoms. The minimum absolute atomic E-state index is 0.0353. The van der Waals surface area contributed by atoms with Crippen LogP contribution in [-0.4, -0.2) is 28.1 Å². The van der Waals surface area contributed by atoms with Gasteiger partial charge in [0.05, 0.1) is 0 Å². The van der Waals surface area contributed by atoms with E-state index in [0.29, 0.717) is 0 Å². The Morgan fingerprint density at radius 3 is 2.20 bits per heavy atom. The second kappa shape index (κ2) is 10.3. The van der Waals surface area contributed by atoms with E-state index < -0.39 is 17.8 Å². The molecule has 1 aromatic rings. The van der Waals surface area contributed by atoms with Gasteiger partial charge in [0.1, 0.15) is 0 Å². The Kier molecular flexibility index (Phi) is 8.90. The summed E-state index contributed by atoms with van der Waals surface area (Å²) in [5.41, 5.74) is 6.97. The van der Waals surface area contributed by atoms with E-state index in [1.807, 2.05) is 30.3 Å². The lowest BCUT2D eigenvalue weighted by Crippen LogP contribution is -2.21. The topological polar surface area (TPSA) is 130 Å². The minimum Gasteiger partial charge on any atom is -0.478 e. The first-order valence-electron chi connectivity index (χ1n) is 5.63. The molecule has 0 heterocycles. The molecule has 108 valence electrons. The molecule has 0 aliphatic heterocycles. The zero-order chi connectivity index (χ0) is 15.4. The fraction of sp³-hybridized carbons (Fsp3) is 0.154. The van der Waals surface area contributed by atoms with Crippen LogP contribution in [-0.2, 0) is 14.4 Å². The van der Waals surface area contributed by atoms with Crippen LogP contribution in [0.1, 0.15) is 18.4 Å². The molecule has 0 fully saturated rings. The molecule has 0 aliphatic rings. The number of carbonyl (C=O) groups excluding carboxylic acids is 2. The highest BCUT2D eigenvalue weighted by Crippen LogP contribution is 1.99. The molecule has 0 radical (unpaired) electrons. The van der Waals surface area contributed by atoms with Gasteiger partial charge in [0.15, 0.2) is 0 Å². The van der Waals surface area contributed by atoms with Crippen LogP contribution < -0.4 is 11.2 Å². The number of benzene rings is 1. The normalized spacial score (nSPS) is 9.45. The average Bonchev–Trinajstić information content (AvgIpc) is 2.44. The summed E-state index contributed by atoms with van der Waals surface area (Å²) < 4.78 is 0. The van der Waals surface area contributed by atoms with Crippen molar-refractivity contribution in [2.24, 2.45) is 5.73 Å². The third-order valence-electron chi connectivity index (χ3n) is 1.94. The zero-order valence-corrected chi connectivity index (χ0v) is 10.7. The van der Waals surface area contributed by atoms with Crippen molar-refractivity contribution in [3.05, 3.63) is 42.0 Å². The Bertz CT molecular complexity index is 471. The molecule has 0 aliphatic carbocycles. The number of carboxylic acid groups (broad SMARTS) is 1. The van der Waals surface area contributed by atoms with Crippen molar-refractivity contribution in [2.45, 2.75) is 12.8 Å². The number of hydroxylamine groups is 1. The average molecular weight is 280 g/mol. The molecular weight excluding hydrogens is 264 g/mol. The van der Waals surface area contributed by atoms with Crippen LogP contribution >= 0.6 is 0 Å². The predicted molar refractivity (Wildman–Crippen MR) is 71.5 cm³/mol. The summed E-state index contributed by atoms with van der Waals surface area (Å²) in [6.07, 6.45) is 2.58. The maximum Gasteiger partial charge on any atom is 0.328 e. The van der Waals surface area contributed by atoms with Crippen LogP contribution in [0.3, 0.4) is 0 Å². The SMILES string of the molecule is NC(=O)CCC(=O)NO.O=C(O)C=Cc1ccccc1. The molecule has 0 saturated carbocycles. The van der Waals surface area contributed by atoms with E-state index in [1.165, 1.54) is 5.48 Å². The molecule has 0 bridgehead atoms. The Balaban J connectivity index is 0.000000370. The van der Waals surface area contributed by atoms with Gasteiger partial charge >= 0.3 is 5.97 Å². The maximum atomic E-state index is 10.1. The van der Waals surface area contributed by atoms with Crippen LogP contribution in [0.2, 0.25) is 0 Å². The Labute approximate surface area is 115 Å². The lowest BCUT2D eigenvalue weighted by molar-refractivity contribution is -0.131. The lowest BCUT2D eigenvalue weighted by Gasteiger charge is -1.92. The Morgan fingerprint density at radius 2 is 1.75 bits per heavy atom. The highest BCUT2D eigenvalue weighted by Gasteiger charge is 2.00. The van der Waals surface area contributed by atoms with Crippen molar-refractivity contribution >= 4 is 23.9 Å². The van der Waals surface area contributed by atoms with E-state index in [2.05, 4.69) is 0 Å². The van der Waals surface area contributed by atoms with Crippen LogP contribution in [0.25, 0.3) is 6.08 Å². The van der Waals surface area contributed by atoms with Gasteiger partial charge < -0.3 is 10.8 Å². The van der Waals surface area contributed by atoms with Crippen molar-refractivity contribution in [1.82, 2.24) is 5.48 Å². The van der Waals surface area contributed by atoms with E-state index in [-0.39, 0.29) is 12.8 Å². The molecule has 0 spiro atoms. The smallest absolute Gasteiger partial charge is 0.328 e. The van der Waals surface area contributed by atoms with Gasteiger partial charge in [0, 0.05) is 18.9 Å². The third kappa shape index (κ3) is 10.5. The monoisotopic (exact) mass is 280 g/mol. The number of nitrogens with one attached hydrogen (secondary N) is 1. The number of rotatable bonds is 5. The summed E-state index contributed by atoms with van der Waals surface area (Å²) >= 11 is 0. The standard InChI is InChI=1S/C9H8O2.C4H8N2O3/c10-9(11)7-6-8-4-2-1-3-5-8;5-3(7)1-2-4(8)6-9/h1-7H,(H,10,11);9H,1-2H2,(H2,5,7)(H,6,8). The van der Waals surface area contributed by atoms with Crippen LogP contribution in [0.15, 0.2) is 36.4 Å². The maximum absolute atomic E-state index is 10.1. The number of amides is 2. The second-order valence-electron chi connectivity index (χ2n) is 3.58. The molecule has 1 rings (SSSR count). The highest BCUT2D eigenvalue weighted by atomic mass is 16.5. The highest BCUT2D eigenvalue weighted by molar-refractivity contribution is 5.85. The molecule has 0 aromatic heterocycles. The van der Waals surface area contributed by atoms with Gasteiger partial charge in [0.2, 0.25) is 11.8 Å². The van der Waals surface area contributed by atoms with E-state index in [1.54, 1.807) is 6.08 Å². The van der Waals surface area contributed by atoms with Gasteiger partial charge in [-0.15, -0.1) is 0 Å². The lowest BCUT2D eigenvalue weighted by atomic mass is 10.2. The van der Waals surface area contributed by atoms with E-state index >= 15 is 0 Å². The van der Waals surface area contributed by atoms with Gasteiger partial charge in [-0.3, -0.25) is 14.8 Å². The summed E-state index contributed by atoms with van der Waals surface area (Å²) in [6.45, 7) is 0. The van der Waals surface area contributed by atoms with Gasteiger partial charge in [-0.25, -0.2) is 10.3 Å². The third-order valence-corrected chi connectivity index (χ3v) is 1.94. The molecule has 0 saturated heterocycles. The van der Waals surface area contributed by atoms with Gasteiger partial charge in [-0.1, -0.05) is 30.3 Å². The molecule has 0 unspecified atom stereocenters. The molecule has 7 nitrogen and oxygen atoms in total. The van der Waals surface area contributed by atoms with Crippen molar-refractivity contribution < 1.29 is 24.7 Å². The fourth-order valence-corrected chi connectivity index (χ4v) is 1.02. The summed E-state index contributed by atoms with van der Waals surface area (Å²) in [5.74, 6) is -2.08. The molecule has 2 amide bonds. The number of primary amides is 1. The molecule has 7 heteroatoms. The molecular formula is C13H16N2O5. The first-order chi connectivity index (χ1) is 9.45. The fourth-order valence-electron chi connectivity index (χ4n) is 1.02. The number of carbonyl (C=O) groups is 3. The Hall–Kier alpha value is -2.67. The number of nitrogens with two attached hydrogens (primary N) is 1. The summed E-state index contributed by atoms with van der Waals surface area (Å²) in [6, 6.07) is 9.31. The second-order valence-corrected chi connectivity index (χ2v) is 3.58. The van der Waals surface area contributed by atoms with Crippen LogP contribution in [0.5, 0.6) is 0 Å². The number of hydrogen-bond acceptors (Lipinski definition) is 4. The number of hydrogen-bond donors (Lipinski definition) is 4. The van der Waals surface area contributed by atoms with Gasteiger partial charge in [0.25, 0.3) is 0 Å². The van der Waals surface area contributed by atoms with Crippen molar-refractivity contribution in [3.8, 4) is 0 Å². The van der Waals surface area contributed by atoms with Gasteiger partial charge in [-0.2, -0.15) is 0 Å². The van der Waals surface area contributed by atoms with Gasteiger partial charge in [-0.05, 0) is 11.6 Å². The summed E-state index contributed by atoms with van der Waals surface area (Å²) in [5, 5.41) is 16.2. The van der Waals surface area contributed by atoms with Crippen molar-refractivity contribution in [1.29, 1.82) is 0 Å². The minimum atomic E-state index is -0.922. The largest absolute Gasteiger partial charge is 0.478 e. The summed E-state index contributed by atoms with van der Waals surface area (Å²) in [4.78, 5) is 30.2. The van der Waals surface area contributed by atoms with Crippen LogP contribution in [0, 0.1) is 0 Å². The van der Waals surface area contributed by atoms with E-state index in [4.69, 9.17) is 16.0 Å². The van der Waals surface area contributed by atoms with Crippen molar-refractivity contribution in [3.63, 3.8) is 0 Å². The first kappa shape index (κ1) is 17.3. The van der Waals surface area contributed by atoms with Crippen LogP contribution in [0.4, 0.5) is 0 Å². The summed E-state index contributed by atoms with van der Waals surface area (Å²) in [7, 11) is 0. The molecule has 5 N–H and O–H groups in total. The Morgan fingerprint density at radius 1 is 1.15 bits per heavy atom. The zero-order valence-electron chi connectivity index (χ0n) is 10.7. The molecule has 1 aromatic carbocycles. The number of carboxylic acids is 1. The molecule has 0 atom stereocenters. The quantitative estimate of drug-likeness (QED) is 0.355. The van der Waals surface area contributed by atoms with Crippen molar-refractivity contribution in [2.75, 3.05) is 0 Å². The number of aliphatic carboxylic acids is 1.